The van der Waals surface area contributed by atoms with Crippen LogP contribution in [0.4, 0.5) is 8.78 Å². The van der Waals surface area contributed by atoms with Crippen molar-refractivity contribution in [2.75, 3.05) is 0 Å². The number of H-pyrrole nitrogens is 1. The van der Waals surface area contributed by atoms with Gasteiger partial charge < -0.3 is 0 Å². The van der Waals surface area contributed by atoms with Crippen molar-refractivity contribution in [3.63, 3.8) is 0 Å². The van der Waals surface area contributed by atoms with E-state index in [0.29, 0.717) is 6.42 Å². The summed E-state index contributed by atoms with van der Waals surface area (Å²) < 4.78 is 26.2. The van der Waals surface area contributed by atoms with E-state index in [1.165, 1.54) is 12.1 Å². The molecule has 4 heteroatoms. The van der Waals surface area contributed by atoms with Crippen molar-refractivity contribution in [1.29, 1.82) is 0 Å². The van der Waals surface area contributed by atoms with Crippen LogP contribution in [0.5, 0.6) is 0 Å². The molecule has 0 aliphatic heterocycles. The Kier molecular flexibility index (Phi) is 2.73. The van der Waals surface area contributed by atoms with Crippen LogP contribution in [0.2, 0.25) is 0 Å². The Balaban J connectivity index is 2.23. The Bertz CT molecular complexity index is 458. The second-order valence-electron chi connectivity index (χ2n) is 3.87. The molecular weight excluding hydrogens is 210 g/mol. The van der Waals surface area contributed by atoms with Crippen LogP contribution < -0.4 is 0 Å². The van der Waals surface area contributed by atoms with E-state index in [-0.39, 0.29) is 5.56 Å². The fourth-order valence-corrected chi connectivity index (χ4v) is 1.56. The molecule has 2 rings (SSSR count). The number of hydrogen-bond donors (Lipinski definition) is 1. The Hall–Kier alpha value is -1.71. The fraction of sp³-hybridized carbons (Fsp3) is 0.250. The lowest BCUT2D eigenvalue weighted by Gasteiger charge is -2.11. The molecule has 1 N–H and O–H groups in total. The van der Waals surface area contributed by atoms with Crippen LogP contribution in [0, 0.1) is 0 Å². The highest BCUT2D eigenvalue weighted by molar-refractivity contribution is 5.29. The number of aromatic nitrogens is 2. The summed E-state index contributed by atoms with van der Waals surface area (Å²) in [5, 5.41) is 6.51. The van der Waals surface area contributed by atoms with Crippen molar-refractivity contribution in [2.45, 2.75) is 19.3 Å². The maximum Gasteiger partial charge on any atom is 0.270 e. The summed E-state index contributed by atoms with van der Waals surface area (Å²) in [6.45, 7) is 0.907. The summed E-state index contributed by atoms with van der Waals surface area (Å²) >= 11 is 0. The maximum atomic E-state index is 13.1. The molecule has 0 saturated carbocycles. The highest BCUT2D eigenvalue weighted by Crippen LogP contribution is 2.27. The summed E-state index contributed by atoms with van der Waals surface area (Å²) in [4.78, 5) is 0. The van der Waals surface area contributed by atoms with E-state index in [9.17, 15) is 8.78 Å². The van der Waals surface area contributed by atoms with Gasteiger partial charge in [-0.05, 0) is 17.2 Å². The summed E-state index contributed by atoms with van der Waals surface area (Å²) in [6, 6.07) is 6.47. The molecule has 0 bridgehead atoms. The van der Waals surface area contributed by atoms with Gasteiger partial charge in [0.15, 0.2) is 0 Å². The number of aromatic amines is 1. The lowest BCUT2D eigenvalue weighted by Crippen LogP contribution is -2.07. The monoisotopic (exact) mass is 222 g/mol. The number of hydrogen-bond acceptors (Lipinski definition) is 1. The van der Waals surface area contributed by atoms with Gasteiger partial charge >= 0.3 is 0 Å². The summed E-state index contributed by atoms with van der Waals surface area (Å²) in [7, 11) is 0. The van der Waals surface area contributed by atoms with Crippen LogP contribution >= 0.6 is 0 Å². The van der Waals surface area contributed by atoms with Crippen LogP contribution in [0.3, 0.4) is 0 Å². The highest BCUT2D eigenvalue weighted by atomic mass is 19.3. The Morgan fingerprint density at radius 1 is 1.31 bits per heavy atom. The van der Waals surface area contributed by atoms with Gasteiger partial charge in [-0.1, -0.05) is 18.2 Å². The van der Waals surface area contributed by atoms with Crippen molar-refractivity contribution >= 4 is 0 Å². The van der Waals surface area contributed by atoms with Gasteiger partial charge in [0, 0.05) is 25.1 Å². The van der Waals surface area contributed by atoms with Gasteiger partial charge in [0.2, 0.25) is 0 Å². The maximum absolute atomic E-state index is 13.1. The molecule has 2 aromatic rings. The van der Waals surface area contributed by atoms with E-state index >= 15 is 0 Å². The molecule has 1 aromatic carbocycles. The number of nitrogens with zero attached hydrogens (tertiary/aromatic N) is 1. The third kappa shape index (κ3) is 2.45. The zero-order chi connectivity index (χ0) is 11.6. The number of halogens is 2. The standard InChI is InChI=1S/C12H12F2N2/c1-12(13,14)11-4-2-3-9(6-11)5-10-7-15-16-8-10/h2-4,6-8H,5H2,1H3,(H,15,16). The normalized spacial score (nSPS) is 11.7. The molecule has 0 saturated heterocycles. The van der Waals surface area contributed by atoms with E-state index in [4.69, 9.17) is 0 Å². The zero-order valence-electron chi connectivity index (χ0n) is 8.87. The molecule has 0 spiro atoms. The van der Waals surface area contributed by atoms with Gasteiger partial charge in [-0.3, -0.25) is 5.10 Å². The molecule has 0 aliphatic carbocycles. The predicted molar refractivity (Wildman–Crippen MR) is 57.4 cm³/mol. The lowest BCUT2D eigenvalue weighted by molar-refractivity contribution is 0.0174. The van der Waals surface area contributed by atoms with E-state index < -0.39 is 5.92 Å². The number of rotatable bonds is 3. The van der Waals surface area contributed by atoms with Crippen molar-refractivity contribution in [1.82, 2.24) is 10.2 Å². The van der Waals surface area contributed by atoms with Crippen LogP contribution in [0.15, 0.2) is 36.7 Å². The summed E-state index contributed by atoms with van der Waals surface area (Å²) in [6.07, 6.45) is 4.06. The smallest absolute Gasteiger partial charge is 0.270 e. The summed E-state index contributed by atoms with van der Waals surface area (Å²) in [5.74, 6) is -2.79. The van der Waals surface area contributed by atoms with Crippen molar-refractivity contribution in [3.05, 3.63) is 53.3 Å². The third-order valence-corrected chi connectivity index (χ3v) is 2.40. The first-order valence-electron chi connectivity index (χ1n) is 5.00. The molecule has 1 aromatic heterocycles. The Morgan fingerprint density at radius 3 is 2.75 bits per heavy atom. The number of nitrogens with one attached hydrogen (secondary N) is 1. The van der Waals surface area contributed by atoms with Gasteiger partial charge in [-0.15, -0.1) is 0 Å². The second kappa shape index (κ2) is 4.04. The molecular formula is C12H12F2N2. The molecule has 0 aliphatic rings. The van der Waals surface area contributed by atoms with Gasteiger partial charge in [-0.2, -0.15) is 5.10 Å². The SMILES string of the molecule is CC(F)(F)c1cccc(Cc2cn[nH]c2)c1. The molecule has 0 radical (unpaired) electrons. The fourth-order valence-electron chi connectivity index (χ4n) is 1.56. The predicted octanol–water partition coefficient (Wildman–Crippen LogP) is 3.11. The quantitative estimate of drug-likeness (QED) is 0.849. The minimum atomic E-state index is -2.79. The van der Waals surface area contributed by atoms with Crippen LogP contribution in [-0.4, -0.2) is 10.2 Å². The average Bonchev–Trinajstić information content (AvgIpc) is 2.70. The largest absolute Gasteiger partial charge is 0.285 e. The van der Waals surface area contributed by atoms with Gasteiger partial charge in [0.05, 0.1) is 6.20 Å². The minimum Gasteiger partial charge on any atom is -0.285 e. The number of benzene rings is 1. The number of alkyl halides is 2. The molecule has 84 valence electrons. The van der Waals surface area contributed by atoms with E-state index in [2.05, 4.69) is 10.2 Å². The molecule has 0 unspecified atom stereocenters. The van der Waals surface area contributed by atoms with Crippen LogP contribution in [0.1, 0.15) is 23.6 Å². The minimum absolute atomic E-state index is 0.0495. The Labute approximate surface area is 92.3 Å². The second-order valence-corrected chi connectivity index (χ2v) is 3.87. The van der Waals surface area contributed by atoms with Crippen molar-refractivity contribution in [3.8, 4) is 0 Å². The van der Waals surface area contributed by atoms with Crippen molar-refractivity contribution in [2.24, 2.45) is 0 Å². The molecule has 1 heterocycles. The molecule has 16 heavy (non-hydrogen) atoms. The summed E-state index contributed by atoms with van der Waals surface area (Å²) in [5.41, 5.74) is 1.89. The van der Waals surface area contributed by atoms with E-state index in [1.54, 1.807) is 18.5 Å². The average molecular weight is 222 g/mol. The first kappa shape index (κ1) is 10.8. The van der Waals surface area contributed by atoms with Crippen LogP contribution in [-0.2, 0) is 12.3 Å². The first-order chi connectivity index (χ1) is 7.55. The van der Waals surface area contributed by atoms with Gasteiger partial charge in [0.25, 0.3) is 5.92 Å². The van der Waals surface area contributed by atoms with E-state index in [1.807, 2.05) is 6.07 Å². The first-order valence-corrected chi connectivity index (χ1v) is 5.00. The molecule has 0 atom stereocenters. The topological polar surface area (TPSA) is 28.7 Å². The molecule has 2 nitrogen and oxygen atoms in total. The lowest BCUT2D eigenvalue weighted by atomic mass is 10.0. The molecule has 0 fully saturated rings. The van der Waals surface area contributed by atoms with E-state index in [0.717, 1.165) is 18.1 Å². The van der Waals surface area contributed by atoms with Crippen LogP contribution in [0.25, 0.3) is 0 Å². The van der Waals surface area contributed by atoms with Crippen molar-refractivity contribution < 1.29 is 8.78 Å². The van der Waals surface area contributed by atoms with Gasteiger partial charge in [0.1, 0.15) is 0 Å². The highest BCUT2D eigenvalue weighted by Gasteiger charge is 2.23. The zero-order valence-corrected chi connectivity index (χ0v) is 8.87. The molecule has 0 amide bonds. The van der Waals surface area contributed by atoms with Gasteiger partial charge in [-0.25, -0.2) is 8.78 Å². The third-order valence-electron chi connectivity index (χ3n) is 2.40. The Morgan fingerprint density at radius 2 is 2.12 bits per heavy atom.